The molecule has 3 atom stereocenters. The Morgan fingerprint density at radius 3 is 2.56 bits per heavy atom. The smallest absolute Gasteiger partial charge is 0.0472 e. The molecule has 1 N–H and O–H groups in total. The fraction of sp³-hybridized carbons (Fsp3) is 0.625. The standard InChI is InChI=1S/C16H26N2/c1-13-9-10-18(12-14(13)2)16(11-17-3)15-7-5-4-6-8-15/h4-8,13-14,16-17H,9-12H2,1-3H3. The SMILES string of the molecule is CNCC(c1ccccc1)N1CCC(C)C(C)C1. The molecule has 2 heteroatoms. The van der Waals surface area contributed by atoms with Gasteiger partial charge in [0.2, 0.25) is 0 Å². The lowest BCUT2D eigenvalue weighted by Gasteiger charge is -2.40. The van der Waals surface area contributed by atoms with Gasteiger partial charge in [0.15, 0.2) is 0 Å². The van der Waals surface area contributed by atoms with Gasteiger partial charge in [-0.3, -0.25) is 4.90 Å². The maximum Gasteiger partial charge on any atom is 0.0472 e. The molecule has 0 saturated carbocycles. The first-order chi connectivity index (χ1) is 8.72. The molecule has 2 rings (SSSR count). The topological polar surface area (TPSA) is 15.3 Å². The predicted octanol–water partition coefficient (Wildman–Crippen LogP) is 2.93. The lowest BCUT2D eigenvalue weighted by atomic mass is 9.87. The molecule has 0 bridgehead atoms. The van der Waals surface area contributed by atoms with Crippen molar-refractivity contribution < 1.29 is 0 Å². The zero-order valence-electron chi connectivity index (χ0n) is 11.9. The maximum absolute atomic E-state index is 3.35. The number of likely N-dealkylation sites (tertiary alicyclic amines) is 1. The first kappa shape index (κ1) is 13.6. The van der Waals surface area contributed by atoms with Crippen LogP contribution < -0.4 is 5.32 Å². The minimum atomic E-state index is 0.520. The van der Waals surface area contributed by atoms with Crippen molar-refractivity contribution in [3.63, 3.8) is 0 Å². The van der Waals surface area contributed by atoms with E-state index in [0.717, 1.165) is 18.4 Å². The van der Waals surface area contributed by atoms with E-state index in [-0.39, 0.29) is 0 Å². The van der Waals surface area contributed by atoms with Crippen LogP contribution in [-0.2, 0) is 0 Å². The second kappa shape index (κ2) is 6.35. The molecule has 0 aromatic heterocycles. The Kier molecular flexibility index (Phi) is 4.79. The van der Waals surface area contributed by atoms with Gasteiger partial charge in [-0.1, -0.05) is 44.2 Å². The average Bonchev–Trinajstić information content (AvgIpc) is 2.40. The van der Waals surface area contributed by atoms with E-state index < -0.39 is 0 Å². The highest BCUT2D eigenvalue weighted by molar-refractivity contribution is 5.19. The molecule has 3 unspecified atom stereocenters. The van der Waals surface area contributed by atoms with Crippen LogP contribution in [0.5, 0.6) is 0 Å². The number of nitrogens with one attached hydrogen (secondary N) is 1. The summed E-state index contributed by atoms with van der Waals surface area (Å²) in [7, 11) is 2.05. The Bertz CT molecular complexity index is 349. The predicted molar refractivity (Wildman–Crippen MR) is 77.6 cm³/mol. The van der Waals surface area contributed by atoms with Gasteiger partial charge < -0.3 is 5.32 Å². The lowest BCUT2D eigenvalue weighted by molar-refractivity contribution is 0.0952. The summed E-state index contributed by atoms with van der Waals surface area (Å²) in [6.07, 6.45) is 1.33. The Morgan fingerprint density at radius 2 is 1.94 bits per heavy atom. The number of likely N-dealkylation sites (N-methyl/N-ethyl adjacent to an activating group) is 1. The van der Waals surface area contributed by atoms with Gasteiger partial charge in [0.25, 0.3) is 0 Å². The average molecular weight is 246 g/mol. The van der Waals surface area contributed by atoms with Crippen LogP contribution in [0.4, 0.5) is 0 Å². The quantitative estimate of drug-likeness (QED) is 0.879. The van der Waals surface area contributed by atoms with E-state index in [1.54, 1.807) is 0 Å². The van der Waals surface area contributed by atoms with Gasteiger partial charge in [-0.25, -0.2) is 0 Å². The van der Waals surface area contributed by atoms with E-state index in [4.69, 9.17) is 0 Å². The first-order valence-corrected chi connectivity index (χ1v) is 7.16. The zero-order valence-corrected chi connectivity index (χ0v) is 11.9. The monoisotopic (exact) mass is 246 g/mol. The van der Waals surface area contributed by atoms with Crippen LogP contribution in [0, 0.1) is 11.8 Å². The molecule has 2 nitrogen and oxygen atoms in total. The van der Waals surface area contributed by atoms with Crippen molar-refractivity contribution in [1.29, 1.82) is 0 Å². The van der Waals surface area contributed by atoms with Crippen LogP contribution >= 0.6 is 0 Å². The maximum atomic E-state index is 3.35. The van der Waals surface area contributed by atoms with Crippen molar-refractivity contribution in [3.8, 4) is 0 Å². The molecule has 1 aromatic rings. The fourth-order valence-electron chi connectivity index (χ4n) is 2.90. The van der Waals surface area contributed by atoms with E-state index in [2.05, 4.69) is 54.4 Å². The van der Waals surface area contributed by atoms with Gasteiger partial charge in [-0.05, 0) is 37.4 Å². The molecule has 0 aliphatic carbocycles. The first-order valence-electron chi connectivity index (χ1n) is 7.16. The van der Waals surface area contributed by atoms with Crippen molar-refractivity contribution in [2.24, 2.45) is 11.8 Å². The molecule has 18 heavy (non-hydrogen) atoms. The highest BCUT2D eigenvalue weighted by Gasteiger charge is 2.28. The molecule has 100 valence electrons. The van der Waals surface area contributed by atoms with Crippen LogP contribution in [0.2, 0.25) is 0 Å². The van der Waals surface area contributed by atoms with Crippen LogP contribution in [-0.4, -0.2) is 31.6 Å². The van der Waals surface area contributed by atoms with E-state index in [1.165, 1.54) is 25.1 Å². The summed E-state index contributed by atoms with van der Waals surface area (Å²) in [5.41, 5.74) is 1.44. The summed E-state index contributed by atoms with van der Waals surface area (Å²) in [6, 6.07) is 11.4. The molecular weight excluding hydrogens is 220 g/mol. The van der Waals surface area contributed by atoms with E-state index in [0.29, 0.717) is 6.04 Å². The summed E-state index contributed by atoms with van der Waals surface area (Å²) in [5, 5.41) is 3.35. The van der Waals surface area contributed by atoms with Gasteiger partial charge in [0, 0.05) is 19.1 Å². The number of hydrogen-bond donors (Lipinski definition) is 1. The van der Waals surface area contributed by atoms with Crippen molar-refractivity contribution in [3.05, 3.63) is 35.9 Å². The van der Waals surface area contributed by atoms with Crippen LogP contribution in [0.15, 0.2) is 30.3 Å². The second-order valence-corrected chi connectivity index (χ2v) is 5.72. The molecular formula is C16H26N2. The van der Waals surface area contributed by atoms with Gasteiger partial charge in [0.1, 0.15) is 0 Å². The summed E-state index contributed by atoms with van der Waals surface area (Å²) in [6.45, 7) is 8.26. The molecule has 1 aliphatic rings. The molecule has 1 saturated heterocycles. The summed E-state index contributed by atoms with van der Waals surface area (Å²) in [5.74, 6) is 1.68. The molecule has 1 aliphatic heterocycles. The number of piperidine rings is 1. The second-order valence-electron chi connectivity index (χ2n) is 5.72. The highest BCUT2D eigenvalue weighted by atomic mass is 15.2. The number of rotatable bonds is 4. The van der Waals surface area contributed by atoms with E-state index >= 15 is 0 Å². The third kappa shape index (κ3) is 3.12. The largest absolute Gasteiger partial charge is 0.318 e. The van der Waals surface area contributed by atoms with Crippen molar-refractivity contribution in [2.45, 2.75) is 26.3 Å². The normalized spacial score (nSPS) is 27.1. The molecule has 0 amide bonds. The molecule has 1 fully saturated rings. The third-order valence-corrected chi connectivity index (χ3v) is 4.39. The number of hydrogen-bond acceptors (Lipinski definition) is 2. The minimum absolute atomic E-state index is 0.520. The van der Waals surface area contributed by atoms with E-state index in [1.807, 2.05) is 7.05 Å². The Morgan fingerprint density at radius 1 is 1.22 bits per heavy atom. The van der Waals surface area contributed by atoms with Gasteiger partial charge in [0.05, 0.1) is 0 Å². The van der Waals surface area contributed by atoms with Gasteiger partial charge in [-0.15, -0.1) is 0 Å². The van der Waals surface area contributed by atoms with Crippen LogP contribution in [0.1, 0.15) is 31.9 Å². The molecule has 1 aromatic carbocycles. The van der Waals surface area contributed by atoms with Gasteiger partial charge in [-0.2, -0.15) is 0 Å². The number of benzene rings is 1. The summed E-state index contributed by atoms with van der Waals surface area (Å²) in [4.78, 5) is 2.65. The fourth-order valence-corrected chi connectivity index (χ4v) is 2.90. The number of nitrogens with zero attached hydrogens (tertiary/aromatic N) is 1. The Labute approximate surface area is 111 Å². The van der Waals surface area contributed by atoms with Crippen LogP contribution in [0.3, 0.4) is 0 Å². The summed E-state index contributed by atoms with van der Waals surface area (Å²) < 4.78 is 0. The van der Waals surface area contributed by atoms with Crippen molar-refractivity contribution >= 4 is 0 Å². The van der Waals surface area contributed by atoms with Crippen LogP contribution in [0.25, 0.3) is 0 Å². The molecule has 1 heterocycles. The van der Waals surface area contributed by atoms with Crippen molar-refractivity contribution in [2.75, 3.05) is 26.7 Å². The third-order valence-electron chi connectivity index (χ3n) is 4.39. The minimum Gasteiger partial charge on any atom is -0.318 e. The Balaban J connectivity index is 2.11. The Hall–Kier alpha value is -0.860. The lowest BCUT2D eigenvalue weighted by Crippen LogP contribution is -2.43. The van der Waals surface area contributed by atoms with Crippen molar-refractivity contribution in [1.82, 2.24) is 10.2 Å². The zero-order chi connectivity index (χ0) is 13.0. The molecule has 0 radical (unpaired) electrons. The van der Waals surface area contributed by atoms with E-state index in [9.17, 15) is 0 Å². The van der Waals surface area contributed by atoms with Gasteiger partial charge >= 0.3 is 0 Å². The highest BCUT2D eigenvalue weighted by Crippen LogP contribution is 2.29. The summed E-state index contributed by atoms with van der Waals surface area (Å²) >= 11 is 0. The molecule has 0 spiro atoms.